The van der Waals surface area contributed by atoms with Crippen LogP contribution in [0.4, 0.5) is 4.79 Å². The second-order valence-electron chi connectivity index (χ2n) is 6.73. The number of carbonyl (C=O) groups is 2. The van der Waals surface area contributed by atoms with Crippen LogP contribution in [0.15, 0.2) is 41.8 Å². The molecule has 126 valence electrons. The van der Waals surface area contributed by atoms with E-state index in [9.17, 15) is 9.59 Å². The molecule has 24 heavy (non-hydrogen) atoms. The minimum Gasteiger partial charge on any atom is -0.421 e. The Hall–Kier alpha value is -2.34. The standard InChI is InChI=1S/C18H20N2O3S/c1-18(2,3)19-17(22)23-16-14-9-5-4-8-13(14)15(21)20(16)11-12-7-6-10-24-12/h4-10,16H,11H2,1-3H3,(H,19,22)/t16-/m0/s1. The fourth-order valence-electron chi connectivity index (χ4n) is 2.63. The molecule has 6 heteroatoms. The van der Waals surface area contributed by atoms with Gasteiger partial charge in [0.2, 0.25) is 6.23 Å². The summed E-state index contributed by atoms with van der Waals surface area (Å²) >= 11 is 1.57. The number of fused-ring (bicyclic) bond motifs is 1. The Kier molecular flexibility index (Phi) is 4.32. The summed E-state index contributed by atoms with van der Waals surface area (Å²) in [5.41, 5.74) is 0.906. The van der Waals surface area contributed by atoms with E-state index in [4.69, 9.17) is 4.74 Å². The van der Waals surface area contributed by atoms with Gasteiger partial charge in [0.15, 0.2) is 0 Å². The number of hydrogen-bond acceptors (Lipinski definition) is 4. The van der Waals surface area contributed by atoms with Crippen molar-refractivity contribution in [3.05, 3.63) is 57.8 Å². The van der Waals surface area contributed by atoms with E-state index >= 15 is 0 Å². The van der Waals surface area contributed by atoms with Gasteiger partial charge in [-0.3, -0.25) is 9.69 Å². The zero-order chi connectivity index (χ0) is 17.3. The fraction of sp³-hybridized carbons (Fsp3) is 0.333. The van der Waals surface area contributed by atoms with Crippen molar-refractivity contribution >= 4 is 23.3 Å². The largest absolute Gasteiger partial charge is 0.421 e. The van der Waals surface area contributed by atoms with Crippen molar-refractivity contribution in [3.63, 3.8) is 0 Å². The van der Waals surface area contributed by atoms with Crippen molar-refractivity contribution in [3.8, 4) is 0 Å². The van der Waals surface area contributed by atoms with Gasteiger partial charge in [0.1, 0.15) is 0 Å². The third-order valence-corrected chi connectivity index (χ3v) is 4.46. The topological polar surface area (TPSA) is 58.6 Å². The number of nitrogens with one attached hydrogen (secondary N) is 1. The van der Waals surface area contributed by atoms with Crippen molar-refractivity contribution < 1.29 is 14.3 Å². The maximum Gasteiger partial charge on any atom is 0.409 e. The Morgan fingerprint density at radius 3 is 2.67 bits per heavy atom. The molecule has 0 saturated carbocycles. The van der Waals surface area contributed by atoms with Crippen LogP contribution in [0.3, 0.4) is 0 Å². The number of nitrogens with zero attached hydrogens (tertiary/aromatic N) is 1. The summed E-state index contributed by atoms with van der Waals surface area (Å²) in [5.74, 6) is -0.118. The molecule has 1 aromatic heterocycles. The van der Waals surface area contributed by atoms with Gasteiger partial charge in [0.25, 0.3) is 5.91 Å². The van der Waals surface area contributed by atoms with E-state index in [1.807, 2.05) is 56.5 Å². The van der Waals surface area contributed by atoms with Crippen LogP contribution in [0.2, 0.25) is 0 Å². The quantitative estimate of drug-likeness (QED) is 0.918. The highest BCUT2D eigenvalue weighted by Gasteiger charge is 2.39. The minimum atomic E-state index is -0.710. The van der Waals surface area contributed by atoms with Crippen LogP contribution < -0.4 is 5.32 Å². The molecular weight excluding hydrogens is 324 g/mol. The minimum absolute atomic E-state index is 0.118. The van der Waals surface area contributed by atoms with Gasteiger partial charge < -0.3 is 10.1 Å². The SMILES string of the molecule is CC(C)(C)NC(=O)O[C@H]1c2ccccc2C(=O)N1Cc1cccs1. The van der Waals surface area contributed by atoms with Gasteiger partial charge in [-0.1, -0.05) is 24.3 Å². The highest BCUT2D eigenvalue weighted by molar-refractivity contribution is 7.09. The van der Waals surface area contributed by atoms with Crippen LogP contribution in [0.25, 0.3) is 0 Å². The molecule has 0 aliphatic carbocycles. The number of hydrogen-bond donors (Lipinski definition) is 1. The van der Waals surface area contributed by atoms with E-state index in [0.717, 1.165) is 10.4 Å². The van der Waals surface area contributed by atoms with Crippen LogP contribution in [0.5, 0.6) is 0 Å². The first-order valence-corrected chi connectivity index (χ1v) is 8.64. The second kappa shape index (κ2) is 6.28. The van der Waals surface area contributed by atoms with Gasteiger partial charge in [0.05, 0.1) is 6.54 Å². The lowest BCUT2D eigenvalue weighted by molar-refractivity contribution is -0.00279. The molecule has 2 heterocycles. The molecular formula is C18H20N2O3S. The molecule has 1 atom stereocenters. The summed E-state index contributed by atoms with van der Waals surface area (Å²) in [6, 6.07) is 11.2. The molecule has 0 fully saturated rings. The molecule has 0 radical (unpaired) electrons. The summed E-state index contributed by atoms with van der Waals surface area (Å²) in [5, 5.41) is 4.74. The third kappa shape index (κ3) is 3.43. The first-order chi connectivity index (χ1) is 11.3. The summed E-state index contributed by atoms with van der Waals surface area (Å²) in [4.78, 5) is 27.6. The predicted octanol–water partition coefficient (Wildman–Crippen LogP) is 3.93. The second-order valence-corrected chi connectivity index (χ2v) is 7.76. The smallest absolute Gasteiger partial charge is 0.409 e. The van der Waals surface area contributed by atoms with Gasteiger partial charge in [0, 0.05) is 21.5 Å². The number of thiophene rings is 1. The molecule has 1 N–H and O–H groups in total. The van der Waals surface area contributed by atoms with Gasteiger partial charge in [-0.2, -0.15) is 0 Å². The maximum absolute atomic E-state index is 12.7. The Balaban J connectivity index is 1.86. The summed E-state index contributed by atoms with van der Waals surface area (Å²) in [6.07, 6.45) is -1.24. The fourth-order valence-corrected chi connectivity index (χ4v) is 3.33. The van der Waals surface area contributed by atoms with Crippen LogP contribution in [-0.4, -0.2) is 22.4 Å². The molecule has 0 saturated heterocycles. The van der Waals surface area contributed by atoms with Crippen molar-refractivity contribution in [2.45, 2.75) is 39.1 Å². The van der Waals surface area contributed by atoms with Crippen LogP contribution in [-0.2, 0) is 11.3 Å². The van der Waals surface area contributed by atoms with E-state index in [0.29, 0.717) is 12.1 Å². The molecule has 3 rings (SSSR count). The molecule has 1 aliphatic heterocycles. The first-order valence-electron chi connectivity index (χ1n) is 7.76. The normalized spacial score (nSPS) is 16.9. The van der Waals surface area contributed by atoms with Gasteiger partial charge in [-0.15, -0.1) is 11.3 Å². The molecule has 0 bridgehead atoms. The van der Waals surface area contributed by atoms with Crippen molar-refractivity contribution in [1.29, 1.82) is 0 Å². The summed E-state index contributed by atoms with van der Waals surface area (Å²) in [6.45, 7) is 6.06. The zero-order valence-electron chi connectivity index (χ0n) is 13.9. The van der Waals surface area contributed by atoms with E-state index in [1.165, 1.54) is 0 Å². The van der Waals surface area contributed by atoms with E-state index in [-0.39, 0.29) is 5.91 Å². The van der Waals surface area contributed by atoms with Crippen LogP contribution >= 0.6 is 11.3 Å². The number of benzene rings is 1. The lowest BCUT2D eigenvalue weighted by Gasteiger charge is -2.27. The van der Waals surface area contributed by atoms with Crippen LogP contribution in [0, 0.1) is 0 Å². The van der Waals surface area contributed by atoms with Crippen molar-refractivity contribution in [2.24, 2.45) is 0 Å². The van der Waals surface area contributed by atoms with Gasteiger partial charge >= 0.3 is 6.09 Å². The average molecular weight is 344 g/mol. The van der Waals surface area contributed by atoms with Crippen LogP contribution in [0.1, 0.15) is 47.8 Å². The highest BCUT2D eigenvalue weighted by Crippen LogP contribution is 2.36. The van der Waals surface area contributed by atoms with Gasteiger partial charge in [-0.05, 0) is 38.3 Å². The number of rotatable bonds is 3. The molecule has 5 nitrogen and oxygen atoms in total. The van der Waals surface area contributed by atoms with Crippen molar-refractivity contribution in [1.82, 2.24) is 10.2 Å². The molecule has 1 aromatic carbocycles. The van der Waals surface area contributed by atoms with E-state index in [1.54, 1.807) is 22.3 Å². The van der Waals surface area contributed by atoms with Gasteiger partial charge in [-0.25, -0.2) is 4.79 Å². The lowest BCUT2D eigenvalue weighted by Crippen LogP contribution is -2.42. The molecule has 2 aromatic rings. The summed E-state index contributed by atoms with van der Waals surface area (Å²) < 4.78 is 5.61. The molecule has 2 amide bonds. The first kappa shape index (κ1) is 16.5. The Labute approximate surface area is 145 Å². The number of carbonyl (C=O) groups excluding carboxylic acids is 2. The number of ether oxygens (including phenoxy) is 1. The highest BCUT2D eigenvalue weighted by atomic mass is 32.1. The number of alkyl carbamates (subject to hydrolysis) is 1. The monoisotopic (exact) mass is 344 g/mol. The molecule has 0 spiro atoms. The van der Waals surface area contributed by atoms with E-state index in [2.05, 4.69) is 5.32 Å². The lowest BCUT2D eigenvalue weighted by atomic mass is 10.1. The third-order valence-electron chi connectivity index (χ3n) is 3.60. The summed E-state index contributed by atoms with van der Waals surface area (Å²) in [7, 11) is 0. The van der Waals surface area contributed by atoms with E-state index < -0.39 is 17.9 Å². The number of amides is 2. The average Bonchev–Trinajstić information content (AvgIpc) is 3.09. The zero-order valence-corrected chi connectivity index (χ0v) is 14.7. The Morgan fingerprint density at radius 2 is 2.00 bits per heavy atom. The molecule has 1 aliphatic rings. The molecule has 0 unspecified atom stereocenters. The van der Waals surface area contributed by atoms with Crippen molar-refractivity contribution in [2.75, 3.05) is 0 Å². The maximum atomic E-state index is 12.7. The Morgan fingerprint density at radius 1 is 1.25 bits per heavy atom. The predicted molar refractivity (Wildman–Crippen MR) is 92.7 cm³/mol. The Bertz CT molecular complexity index is 750.